The van der Waals surface area contributed by atoms with Crippen LogP contribution in [0.1, 0.15) is 89.2 Å². The zero-order chi connectivity index (χ0) is 33.0. The molecule has 0 spiro atoms. The Hall–Kier alpha value is -2.93. The van der Waals surface area contributed by atoms with Crippen LogP contribution in [0.4, 0.5) is 0 Å². The van der Waals surface area contributed by atoms with Gasteiger partial charge in [-0.05, 0) is 68.2 Å². The van der Waals surface area contributed by atoms with E-state index in [0.717, 1.165) is 50.6 Å². The Morgan fingerprint density at radius 2 is 1.76 bits per heavy atom. The number of carbonyl (C=O) groups is 3. The number of carboxylic acid groups (broad SMARTS) is 2. The number of carbonyl (C=O) groups excluding carboxylic acids is 1. The number of aliphatic hydroxyl groups is 1. The number of hydrogen-bond acceptors (Lipinski definition) is 8. The van der Waals surface area contributed by atoms with Gasteiger partial charge in [0.15, 0.2) is 0 Å². The topological polar surface area (TPSA) is 186 Å². The molecule has 0 bridgehead atoms. The van der Waals surface area contributed by atoms with Crippen molar-refractivity contribution >= 4 is 36.2 Å². The molecule has 246 valence electrons. The largest absolute Gasteiger partial charge is 0.481 e. The van der Waals surface area contributed by atoms with Gasteiger partial charge in [0.25, 0.3) is 5.91 Å². The number of nitrogens with one attached hydrogen (secondary N) is 4. The van der Waals surface area contributed by atoms with Crippen LogP contribution in [0.2, 0.25) is 0 Å². The fourth-order valence-corrected chi connectivity index (χ4v) is 8.65. The predicted molar refractivity (Wildman–Crippen MR) is 174 cm³/mol. The Kier molecular flexibility index (Phi) is 9.18. The number of allylic oxidation sites excluding steroid dienone is 2. The highest BCUT2D eigenvalue weighted by Crippen LogP contribution is 2.54. The fourth-order valence-electron chi connectivity index (χ4n) is 8.17. The average Bonchev–Trinajstić information content (AvgIpc) is 3.15. The van der Waals surface area contributed by atoms with Gasteiger partial charge in [-0.15, -0.1) is 0 Å². The first-order chi connectivity index (χ1) is 21.1. The molecule has 0 radical (unpaired) electrons. The summed E-state index contributed by atoms with van der Waals surface area (Å²) in [6, 6.07) is -0.00550. The van der Waals surface area contributed by atoms with E-state index in [1.165, 1.54) is 0 Å². The summed E-state index contributed by atoms with van der Waals surface area (Å²) in [7, 11) is 0. The van der Waals surface area contributed by atoms with Gasteiger partial charge in [0.05, 0.1) is 11.3 Å². The Balaban J connectivity index is 1.47. The van der Waals surface area contributed by atoms with Gasteiger partial charge in [-0.25, -0.2) is 4.99 Å². The van der Waals surface area contributed by atoms with Crippen molar-refractivity contribution in [2.24, 2.45) is 16.8 Å². The van der Waals surface area contributed by atoms with E-state index in [1.807, 2.05) is 27.7 Å². The van der Waals surface area contributed by atoms with E-state index in [2.05, 4.69) is 39.8 Å². The highest BCUT2D eigenvalue weighted by molar-refractivity contribution is 7.80. The molecule has 7 N–H and O–H groups in total. The van der Waals surface area contributed by atoms with E-state index < -0.39 is 29.4 Å². The normalized spacial score (nSPS) is 31.4. The molecule has 12 heteroatoms. The minimum Gasteiger partial charge on any atom is -0.481 e. The van der Waals surface area contributed by atoms with Crippen molar-refractivity contribution in [2.75, 3.05) is 0 Å². The molecule has 11 nitrogen and oxygen atoms in total. The molecule has 0 aliphatic carbocycles. The van der Waals surface area contributed by atoms with Crippen molar-refractivity contribution in [1.29, 1.82) is 0 Å². The third kappa shape index (κ3) is 6.02. The molecule has 0 aromatic carbocycles. The summed E-state index contributed by atoms with van der Waals surface area (Å²) in [6.45, 7) is 12.0. The van der Waals surface area contributed by atoms with Gasteiger partial charge in [-0.1, -0.05) is 20.8 Å². The molecule has 5 heterocycles. The number of aromatic amines is 1. The number of hydrogen-bond donors (Lipinski definition) is 8. The Morgan fingerprint density at radius 1 is 1.09 bits per heavy atom. The van der Waals surface area contributed by atoms with Crippen molar-refractivity contribution in [2.45, 2.75) is 122 Å². The summed E-state index contributed by atoms with van der Waals surface area (Å²) in [4.78, 5) is 43.6. The molecule has 2 saturated heterocycles. The first-order valence-electron chi connectivity index (χ1n) is 16.0. The first-order valence-corrected chi connectivity index (χ1v) is 16.5. The summed E-state index contributed by atoms with van der Waals surface area (Å²) < 4.78 is 0. The molecule has 1 aromatic rings. The monoisotopic (exact) mass is 641 g/mol. The van der Waals surface area contributed by atoms with Gasteiger partial charge in [0.2, 0.25) is 0 Å². The SMILES string of the molecule is CCC1=C(C)C(Cc2[nH]c(CC3=C(CCC(=O)O)[C@@]4(C)N[C@@]4(C[C@@H]4N[C@@H](O)[C@H](C)[C@H]4[C@@H](C)S)N3)c(CCC(=O)O)c2C)=NC1=O. The summed E-state index contributed by atoms with van der Waals surface area (Å²) >= 11 is 4.74. The number of aliphatic imine (C=N–C) groups is 1. The van der Waals surface area contributed by atoms with E-state index in [9.17, 15) is 29.7 Å². The molecule has 45 heavy (non-hydrogen) atoms. The molecule has 1 aromatic heterocycles. The van der Waals surface area contributed by atoms with Gasteiger partial charge in [0, 0.05) is 72.0 Å². The average molecular weight is 642 g/mol. The summed E-state index contributed by atoms with van der Waals surface area (Å²) in [6.07, 6.45) is 2.22. The summed E-state index contributed by atoms with van der Waals surface area (Å²) in [5, 5.41) is 40.6. The number of rotatable bonds is 14. The molecule has 0 unspecified atom stereocenters. The molecule has 2 fully saturated rings. The quantitative estimate of drug-likeness (QED) is 0.112. The van der Waals surface area contributed by atoms with Crippen molar-refractivity contribution in [1.82, 2.24) is 20.9 Å². The van der Waals surface area contributed by atoms with Gasteiger partial charge < -0.3 is 25.6 Å². The fraction of sp³-hybridized carbons (Fsp3) is 0.636. The maximum Gasteiger partial charge on any atom is 0.303 e. The maximum absolute atomic E-state index is 12.4. The molecule has 5 rings (SSSR count). The van der Waals surface area contributed by atoms with Crippen molar-refractivity contribution in [3.8, 4) is 0 Å². The van der Waals surface area contributed by atoms with Crippen LogP contribution in [0.15, 0.2) is 27.4 Å². The number of aliphatic carboxylic acids is 2. The lowest BCUT2D eigenvalue weighted by Gasteiger charge is -2.28. The number of thiol groups is 1. The number of nitrogens with zero attached hydrogens (tertiary/aromatic N) is 1. The van der Waals surface area contributed by atoms with Crippen LogP contribution >= 0.6 is 12.6 Å². The molecule has 4 aliphatic heterocycles. The van der Waals surface area contributed by atoms with Crippen molar-refractivity contribution in [3.63, 3.8) is 0 Å². The smallest absolute Gasteiger partial charge is 0.303 e. The molecule has 4 aliphatic rings. The number of amides is 1. The van der Waals surface area contributed by atoms with E-state index in [0.29, 0.717) is 38.5 Å². The lowest BCUT2D eigenvalue weighted by Crippen LogP contribution is -2.45. The maximum atomic E-state index is 12.4. The third-order valence-electron chi connectivity index (χ3n) is 10.8. The Labute approximate surface area is 269 Å². The summed E-state index contributed by atoms with van der Waals surface area (Å²) in [5.41, 5.74) is 6.96. The molecular weight excluding hydrogens is 594 g/mol. The number of H-pyrrole nitrogens is 1. The zero-order valence-corrected chi connectivity index (χ0v) is 27.9. The second-order valence-electron chi connectivity index (χ2n) is 13.5. The van der Waals surface area contributed by atoms with Gasteiger partial charge in [0.1, 0.15) is 11.9 Å². The Bertz CT molecular complexity index is 1510. The third-order valence-corrected chi connectivity index (χ3v) is 11.1. The van der Waals surface area contributed by atoms with Crippen molar-refractivity contribution < 1.29 is 29.7 Å². The van der Waals surface area contributed by atoms with Crippen LogP contribution in [0.25, 0.3) is 0 Å². The van der Waals surface area contributed by atoms with Crippen LogP contribution in [-0.4, -0.2) is 72.6 Å². The van der Waals surface area contributed by atoms with Crippen LogP contribution in [0.5, 0.6) is 0 Å². The van der Waals surface area contributed by atoms with E-state index >= 15 is 0 Å². The number of fused-ring (bicyclic) bond motifs is 1. The highest BCUT2D eigenvalue weighted by Gasteiger charge is 2.71. The van der Waals surface area contributed by atoms with Crippen LogP contribution in [-0.2, 0) is 33.6 Å². The number of carboxylic acids is 2. The van der Waals surface area contributed by atoms with Crippen LogP contribution in [0, 0.1) is 18.8 Å². The minimum absolute atomic E-state index is 0.00550. The Morgan fingerprint density at radius 3 is 2.36 bits per heavy atom. The van der Waals surface area contributed by atoms with Gasteiger partial charge in [-0.2, -0.15) is 12.6 Å². The lowest BCUT2D eigenvalue weighted by atomic mass is 9.82. The van der Waals surface area contributed by atoms with E-state index in [-0.39, 0.29) is 41.9 Å². The van der Waals surface area contributed by atoms with E-state index in [4.69, 9.17) is 12.6 Å². The standard InChI is InChI=1S/C33H47N5O6S/c1-7-19-15(2)23(35-31(19)44)12-22-16(3)20(8-10-27(39)40)24(34-22)13-25-21(9-11-28(41)42)32(6)33(37-25,38-32)14-26-29(18(5)45)17(4)30(43)36-26/h17-18,26,29-30,34,36-38,43,45H,7-14H2,1-6H3,(H,39,40)(H,41,42)/t17-,18-,26+,29+,30+,32-,33-/m1/s1. The van der Waals surface area contributed by atoms with Gasteiger partial charge >= 0.3 is 11.9 Å². The summed E-state index contributed by atoms with van der Waals surface area (Å²) in [5.74, 6) is -1.77. The second kappa shape index (κ2) is 12.4. The second-order valence-corrected chi connectivity index (χ2v) is 14.3. The number of aromatic nitrogens is 1. The molecule has 0 saturated carbocycles. The number of aliphatic hydroxyl groups excluding tert-OH is 1. The molecular formula is C33H47N5O6S. The first kappa shape index (κ1) is 33.4. The van der Waals surface area contributed by atoms with Crippen LogP contribution < -0.4 is 16.0 Å². The van der Waals surface area contributed by atoms with Crippen LogP contribution in [0.3, 0.4) is 0 Å². The molecule has 1 amide bonds. The van der Waals surface area contributed by atoms with E-state index in [1.54, 1.807) is 0 Å². The highest BCUT2D eigenvalue weighted by atomic mass is 32.1. The molecule has 7 atom stereocenters. The van der Waals surface area contributed by atoms with Gasteiger partial charge in [-0.3, -0.25) is 25.0 Å². The minimum atomic E-state index is -0.883. The lowest BCUT2D eigenvalue weighted by molar-refractivity contribution is -0.138. The van der Waals surface area contributed by atoms with Crippen molar-refractivity contribution in [3.05, 3.63) is 44.9 Å². The zero-order valence-electron chi connectivity index (χ0n) is 27.0. The predicted octanol–water partition coefficient (Wildman–Crippen LogP) is 3.16.